The van der Waals surface area contributed by atoms with E-state index in [1.807, 2.05) is 18.2 Å². The molecule has 1 heterocycles. The van der Waals surface area contributed by atoms with E-state index in [9.17, 15) is 14.4 Å². The van der Waals surface area contributed by atoms with E-state index in [1.54, 1.807) is 0 Å². The number of hydrogen-bond donors (Lipinski definition) is 0. The molecule has 0 saturated heterocycles. The minimum Gasteiger partial charge on any atom is -0.465 e. The lowest BCUT2D eigenvalue weighted by Crippen LogP contribution is -2.24. The zero-order valence-corrected chi connectivity index (χ0v) is 21.2. The highest BCUT2D eigenvalue weighted by Gasteiger charge is 2.33. The highest BCUT2D eigenvalue weighted by molar-refractivity contribution is 7.17. The zero-order chi connectivity index (χ0) is 24.1. The third kappa shape index (κ3) is 5.86. The maximum Gasteiger partial charge on any atom is 0.348 e. The second kappa shape index (κ2) is 11.4. The smallest absolute Gasteiger partial charge is 0.348 e. The van der Waals surface area contributed by atoms with E-state index in [0.29, 0.717) is 41.6 Å². The molecule has 0 bridgehead atoms. The first-order valence-corrected chi connectivity index (χ1v) is 13.6. The number of carbonyl (C=O) groups is 3. The number of rotatable bonds is 8. The van der Waals surface area contributed by atoms with Gasteiger partial charge in [0.15, 0.2) is 0 Å². The number of benzene rings is 1. The summed E-state index contributed by atoms with van der Waals surface area (Å²) in [5.74, 6) is 1.69. The second-order valence-electron chi connectivity index (χ2n) is 10.2. The normalized spacial score (nSPS) is 22.4. The fourth-order valence-corrected chi connectivity index (χ4v) is 6.93. The van der Waals surface area contributed by atoms with Crippen LogP contribution in [0.15, 0.2) is 36.4 Å². The predicted molar refractivity (Wildman–Crippen MR) is 136 cm³/mol. The first-order chi connectivity index (χ1) is 16.5. The van der Waals surface area contributed by atoms with Crippen LogP contribution in [-0.2, 0) is 14.3 Å². The van der Waals surface area contributed by atoms with Gasteiger partial charge in [0.25, 0.3) is 0 Å². The molecule has 1 aromatic carbocycles. The van der Waals surface area contributed by atoms with Crippen molar-refractivity contribution in [3.05, 3.63) is 46.8 Å². The summed E-state index contributed by atoms with van der Waals surface area (Å²) in [6, 6.07) is 12.2. The molecule has 4 nitrogen and oxygen atoms in total. The molecule has 0 aliphatic heterocycles. The molecule has 0 radical (unpaired) electrons. The van der Waals surface area contributed by atoms with E-state index in [0.717, 1.165) is 66.9 Å². The Kier molecular flexibility index (Phi) is 8.36. The first-order valence-electron chi connectivity index (χ1n) is 12.8. The van der Waals surface area contributed by atoms with Crippen molar-refractivity contribution in [2.45, 2.75) is 77.0 Å². The summed E-state index contributed by atoms with van der Waals surface area (Å²) in [6.45, 7) is 2.27. The molecule has 1 unspecified atom stereocenters. The SMILES string of the molecule is COC(=O)c1sc(-c2ccccc2)cc1C(CCC(=O)C1CCC(C)CC1)C1CCC(=O)CC1. The van der Waals surface area contributed by atoms with Gasteiger partial charge in [0.1, 0.15) is 16.4 Å². The van der Waals surface area contributed by atoms with E-state index >= 15 is 0 Å². The third-order valence-corrected chi connectivity index (χ3v) is 9.10. The van der Waals surface area contributed by atoms with Crippen LogP contribution in [0.1, 0.15) is 92.3 Å². The molecule has 1 aromatic heterocycles. The van der Waals surface area contributed by atoms with Gasteiger partial charge >= 0.3 is 5.97 Å². The van der Waals surface area contributed by atoms with Crippen molar-refractivity contribution in [3.8, 4) is 10.4 Å². The molecule has 4 rings (SSSR count). The average molecular weight is 481 g/mol. The molecule has 0 N–H and O–H groups in total. The van der Waals surface area contributed by atoms with Crippen molar-refractivity contribution >= 4 is 28.9 Å². The van der Waals surface area contributed by atoms with E-state index in [-0.39, 0.29) is 17.8 Å². The summed E-state index contributed by atoms with van der Waals surface area (Å²) in [5.41, 5.74) is 2.08. The minimum atomic E-state index is -0.313. The molecule has 182 valence electrons. The van der Waals surface area contributed by atoms with Crippen molar-refractivity contribution in [3.63, 3.8) is 0 Å². The summed E-state index contributed by atoms with van der Waals surface area (Å²) in [6.07, 6.45) is 8.43. The van der Waals surface area contributed by atoms with Crippen LogP contribution in [0.3, 0.4) is 0 Å². The fourth-order valence-electron chi connectivity index (χ4n) is 5.77. The van der Waals surface area contributed by atoms with Gasteiger partial charge in [0, 0.05) is 30.1 Å². The molecule has 2 saturated carbocycles. The van der Waals surface area contributed by atoms with Crippen molar-refractivity contribution in [1.82, 2.24) is 0 Å². The summed E-state index contributed by atoms with van der Waals surface area (Å²) in [5, 5.41) is 0. The Balaban J connectivity index is 1.61. The molecule has 2 aliphatic rings. The maximum atomic E-state index is 13.1. The lowest BCUT2D eigenvalue weighted by atomic mass is 9.73. The van der Waals surface area contributed by atoms with Gasteiger partial charge in [-0.15, -0.1) is 11.3 Å². The standard InChI is InChI=1S/C29H36O4S/c1-19-8-10-21(11-9-19)26(31)17-16-24(20-12-14-23(30)15-13-20)25-18-27(22-6-4-3-5-7-22)34-28(25)29(32)33-2/h3-7,18-21,24H,8-17H2,1-2H3. The number of thiophene rings is 1. The molecule has 1 atom stereocenters. The monoisotopic (exact) mass is 480 g/mol. The zero-order valence-electron chi connectivity index (χ0n) is 20.4. The molecule has 2 aromatic rings. The van der Waals surface area contributed by atoms with Gasteiger partial charge in [-0.05, 0) is 67.1 Å². The van der Waals surface area contributed by atoms with Crippen LogP contribution in [0.25, 0.3) is 10.4 Å². The number of ketones is 2. The molecular weight excluding hydrogens is 444 g/mol. The minimum absolute atomic E-state index is 0.0855. The Morgan fingerprint density at radius 3 is 2.35 bits per heavy atom. The Morgan fingerprint density at radius 1 is 1.03 bits per heavy atom. The lowest BCUT2D eigenvalue weighted by Gasteiger charge is -2.31. The molecule has 5 heteroatoms. The molecule has 0 amide bonds. The third-order valence-electron chi connectivity index (χ3n) is 7.92. The molecule has 34 heavy (non-hydrogen) atoms. The Hall–Kier alpha value is -2.27. The van der Waals surface area contributed by atoms with Gasteiger partial charge in [-0.3, -0.25) is 9.59 Å². The maximum absolute atomic E-state index is 13.1. The first kappa shape index (κ1) is 24.8. The highest BCUT2D eigenvalue weighted by Crippen LogP contribution is 2.44. The Bertz CT molecular complexity index is 990. The van der Waals surface area contributed by atoms with Crippen molar-refractivity contribution in [2.24, 2.45) is 17.8 Å². The summed E-state index contributed by atoms with van der Waals surface area (Å²) < 4.78 is 5.16. The van der Waals surface area contributed by atoms with E-state index in [1.165, 1.54) is 18.4 Å². The van der Waals surface area contributed by atoms with Gasteiger partial charge in [-0.1, -0.05) is 50.1 Å². The average Bonchev–Trinajstić information content (AvgIpc) is 3.31. The van der Waals surface area contributed by atoms with Gasteiger partial charge in [0.05, 0.1) is 7.11 Å². The van der Waals surface area contributed by atoms with E-state index < -0.39 is 0 Å². The summed E-state index contributed by atoms with van der Waals surface area (Å²) in [7, 11) is 1.43. The van der Waals surface area contributed by atoms with Crippen LogP contribution in [0, 0.1) is 17.8 Å². The molecule has 2 fully saturated rings. The topological polar surface area (TPSA) is 60.4 Å². The van der Waals surface area contributed by atoms with Gasteiger partial charge < -0.3 is 4.74 Å². The van der Waals surface area contributed by atoms with Crippen molar-refractivity contribution < 1.29 is 19.1 Å². The van der Waals surface area contributed by atoms with Crippen LogP contribution < -0.4 is 0 Å². The van der Waals surface area contributed by atoms with E-state index in [2.05, 4.69) is 25.1 Å². The summed E-state index contributed by atoms with van der Waals surface area (Å²) >= 11 is 1.47. The molecule has 0 spiro atoms. The number of esters is 1. The Labute approximate surface area is 207 Å². The largest absolute Gasteiger partial charge is 0.465 e. The number of carbonyl (C=O) groups excluding carboxylic acids is 3. The molecule has 2 aliphatic carbocycles. The van der Waals surface area contributed by atoms with Gasteiger partial charge in [-0.2, -0.15) is 0 Å². The van der Waals surface area contributed by atoms with Crippen LogP contribution >= 0.6 is 11.3 Å². The fraction of sp³-hybridized carbons (Fsp3) is 0.552. The van der Waals surface area contributed by atoms with Gasteiger partial charge in [-0.25, -0.2) is 4.79 Å². The van der Waals surface area contributed by atoms with Crippen LogP contribution in [-0.4, -0.2) is 24.6 Å². The number of methoxy groups -OCH3 is 1. The number of Topliss-reactive ketones (excluding diaryl/α,β-unsaturated/α-hetero) is 2. The second-order valence-corrected chi connectivity index (χ2v) is 11.2. The number of hydrogen-bond acceptors (Lipinski definition) is 5. The van der Waals surface area contributed by atoms with E-state index in [4.69, 9.17) is 4.74 Å². The molecular formula is C29H36O4S. The number of ether oxygens (including phenoxy) is 1. The summed E-state index contributed by atoms with van der Waals surface area (Å²) in [4.78, 5) is 39.6. The highest BCUT2D eigenvalue weighted by atomic mass is 32.1. The lowest BCUT2D eigenvalue weighted by molar-refractivity contribution is -0.124. The van der Waals surface area contributed by atoms with Crippen LogP contribution in [0.5, 0.6) is 0 Å². The predicted octanol–water partition coefficient (Wildman–Crippen LogP) is 7.22. The van der Waals surface area contributed by atoms with Crippen molar-refractivity contribution in [1.29, 1.82) is 0 Å². The van der Waals surface area contributed by atoms with Gasteiger partial charge in [0.2, 0.25) is 0 Å². The quantitative estimate of drug-likeness (QED) is 0.374. The Morgan fingerprint density at radius 2 is 1.71 bits per heavy atom. The van der Waals surface area contributed by atoms with Crippen molar-refractivity contribution in [2.75, 3.05) is 7.11 Å². The van der Waals surface area contributed by atoms with Crippen LogP contribution in [0.2, 0.25) is 0 Å². The van der Waals surface area contributed by atoms with Crippen LogP contribution in [0.4, 0.5) is 0 Å².